The third-order valence-corrected chi connectivity index (χ3v) is 8.02. The maximum atomic E-state index is 13.5. The highest BCUT2D eigenvalue weighted by Crippen LogP contribution is 2.45. The number of nitriles is 1. The molecule has 36 heavy (non-hydrogen) atoms. The molecule has 2 atom stereocenters. The first-order valence-corrected chi connectivity index (χ1v) is 12.4. The number of fused-ring (bicyclic) bond motifs is 5. The summed E-state index contributed by atoms with van der Waals surface area (Å²) in [6, 6.07) is 22.0. The number of ether oxygens (including phenoxy) is 1. The maximum Gasteiger partial charge on any atom is 0.410 e. The Labute approximate surface area is 209 Å². The predicted molar refractivity (Wildman–Crippen MR) is 132 cm³/mol. The second-order valence-corrected chi connectivity index (χ2v) is 9.93. The highest BCUT2D eigenvalue weighted by molar-refractivity contribution is 6.00. The normalized spacial score (nSPS) is 22.0. The molecule has 2 saturated heterocycles. The van der Waals surface area contributed by atoms with Gasteiger partial charge in [0.05, 0.1) is 11.6 Å². The van der Waals surface area contributed by atoms with Crippen LogP contribution in [0.1, 0.15) is 58.6 Å². The van der Waals surface area contributed by atoms with Crippen molar-refractivity contribution in [1.82, 2.24) is 4.90 Å². The van der Waals surface area contributed by atoms with E-state index in [2.05, 4.69) is 24.3 Å². The number of ketones is 1. The van der Waals surface area contributed by atoms with Gasteiger partial charge >= 0.3 is 6.09 Å². The second-order valence-electron chi connectivity index (χ2n) is 9.93. The molecule has 0 spiro atoms. The Morgan fingerprint density at radius 1 is 0.944 bits per heavy atom. The number of benzene rings is 3. The molecule has 0 aromatic heterocycles. The van der Waals surface area contributed by atoms with Gasteiger partial charge in [-0.15, -0.1) is 0 Å². The monoisotopic (exact) mass is 480 g/mol. The Balaban J connectivity index is 1.15. The lowest BCUT2D eigenvalue weighted by molar-refractivity contribution is 0.0506. The number of piperidine rings is 1. The number of carbonyl (C=O) groups excluding carboxylic acids is 2. The summed E-state index contributed by atoms with van der Waals surface area (Å²) < 4.78 is 19.4. The summed E-state index contributed by atoms with van der Waals surface area (Å²) >= 11 is 0. The van der Waals surface area contributed by atoms with Gasteiger partial charge in [-0.3, -0.25) is 4.79 Å². The SMILES string of the molecule is N#Cc1cc(F)ccc1C(=O)C1CC2CCC(C1)N2C(=O)OCC1c2ccccc2-c2ccccc21. The Bertz CT molecular complexity index is 1350. The number of Topliss-reactive ketones (excluding diaryl/α,β-unsaturated/α-hetero) is 1. The molecule has 0 saturated carbocycles. The molecule has 3 aromatic carbocycles. The molecule has 3 aliphatic rings. The number of hydrogen-bond acceptors (Lipinski definition) is 4. The largest absolute Gasteiger partial charge is 0.448 e. The van der Waals surface area contributed by atoms with E-state index in [-0.39, 0.29) is 53.5 Å². The third kappa shape index (κ3) is 3.67. The van der Waals surface area contributed by atoms with Gasteiger partial charge in [0.2, 0.25) is 0 Å². The summed E-state index contributed by atoms with van der Waals surface area (Å²) in [5.41, 5.74) is 5.04. The van der Waals surface area contributed by atoms with Gasteiger partial charge in [-0.2, -0.15) is 5.26 Å². The van der Waals surface area contributed by atoms with E-state index in [4.69, 9.17) is 4.74 Å². The molecule has 2 unspecified atom stereocenters. The molecule has 2 fully saturated rings. The molecule has 2 bridgehead atoms. The van der Waals surface area contributed by atoms with E-state index < -0.39 is 5.82 Å². The van der Waals surface area contributed by atoms with Crippen LogP contribution < -0.4 is 0 Å². The molecule has 2 heterocycles. The van der Waals surface area contributed by atoms with Crippen LogP contribution in [0.3, 0.4) is 0 Å². The number of nitrogens with zero attached hydrogens (tertiary/aromatic N) is 2. The zero-order valence-electron chi connectivity index (χ0n) is 19.7. The van der Waals surface area contributed by atoms with Crippen molar-refractivity contribution >= 4 is 11.9 Å². The molecular formula is C30H25FN2O3. The standard InChI is InChI=1S/C30H25FN2O3/c31-20-9-12-23(19(13-20)16-32)29(34)18-14-21-10-11-22(15-18)33(21)30(35)36-17-28-26-7-3-1-5-24(26)25-6-2-4-8-27(25)28/h1-9,12-13,18,21-22,28H,10-11,14-15,17H2. The first-order chi connectivity index (χ1) is 17.5. The molecule has 2 aliphatic heterocycles. The zero-order chi connectivity index (χ0) is 24.8. The number of amides is 1. The Morgan fingerprint density at radius 3 is 2.17 bits per heavy atom. The van der Waals surface area contributed by atoms with Crippen LogP contribution in [-0.2, 0) is 4.74 Å². The van der Waals surface area contributed by atoms with Gasteiger partial charge in [-0.05, 0) is 66.1 Å². The van der Waals surface area contributed by atoms with Crippen LogP contribution >= 0.6 is 0 Å². The van der Waals surface area contributed by atoms with Gasteiger partial charge in [0.15, 0.2) is 5.78 Å². The van der Waals surface area contributed by atoms with Crippen molar-refractivity contribution in [1.29, 1.82) is 5.26 Å². The molecule has 0 radical (unpaired) electrons. The summed E-state index contributed by atoms with van der Waals surface area (Å²) in [7, 11) is 0. The van der Waals surface area contributed by atoms with Crippen molar-refractivity contribution in [3.8, 4) is 17.2 Å². The molecule has 3 aromatic rings. The topological polar surface area (TPSA) is 70.4 Å². The van der Waals surface area contributed by atoms with Crippen LogP contribution in [0.15, 0.2) is 66.7 Å². The fraction of sp³-hybridized carbons (Fsp3) is 0.300. The molecular weight excluding hydrogens is 455 g/mol. The van der Waals surface area contributed by atoms with Gasteiger partial charge in [0.1, 0.15) is 12.4 Å². The highest BCUT2D eigenvalue weighted by Gasteiger charge is 2.46. The lowest BCUT2D eigenvalue weighted by atomic mass is 9.84. The average Bonchev–Trinajstić information content (AvgIpc) is 3.37. The lowest BCUT2D eigenvalue weighted by Crippen LogP contribution is -2.48. The van der Waals surface area contributed by atoms with Crippen molar-refractivity contribution in [2.75, 3.05) is 6.61 Å². The van der Waals surface area contributed by atoms with Crippen LogP contribution in [0.2, 0.25) is 0 Å². The molecule has 0 N–H and O–H groups in total. The summed E-state index contributed by atoms with van der Waals surface area (Å²) in [4.78, 5) is 28.3. The minimum Gasteiger partial charge on any atom is -0.448 e. The number of halogens is 1. The summed E-state index contributed by atoms with van der Waals surface area (Å²) in [6.45, 7) is 0.270. The van der Waals surface area contributed by atoms with Crippen LogP contribution in [0.4, 0.5) is 9.18 Å². The fourth-order valence-electron chi connectivity index (χ4n) is 6.40. The predicted octanol–water partition coefficient (Wildman–Crippen LogP) is 6.07. The minimum absolute atomic E-state index is 0.000925. The highest BCUT2D eigenvalue weighted by atomic mass is 19.1. The van der Waals surface area contributed by atoms with Crippen LogP contribution in [-0.4, -0.2) is 35.5 Å². The molecule has 6 rings (SSSR count). The number of rotatable bonds is 4. The zero-order valence-corrected chi connectivity index (χ0v) is 19.7. The molecule has 1 amide bonds. The Kier molecular flexibility index (Phi) is 5.56. The fourth-order valence-corrected chi connectivity index (χ4v) is 6.40. The van der Waals surface area contributed by atoms with Gasteiger partial charge < -0.3 is 9.64 Å². The van der Waals surface area contributed by atoms with E-state index >= 15 is 0 Å². The van der Waals surface area contributed by atoms with E-state index in [0.717, 1.165) is 18.9 Å². The quantitative estimate of drug-likeness (QED) is 0.425. The van der Waals surface area contributed by atoms with Crippen molar-refractivity contribution in [3.05, 3.63) is 94.8 Å². The van der Waals surface area contributed by atoms with Gasteiger partial charge in [-0.25, -0.2) is 9.18 Å². The van der Waals surface area contributed by atoms with E-state index in [0.29, 0.717) is 12.8 Å². The summed E-state index contributed by atoms with van der Waals surface area (Å²) in [5, 5.41) is 9.35. The number of hydrogen-bond donors (Lipinski definition) is 0. The Morgan fingerprint density at radius 2 is 1.56 bits per heavy atom. The second kappa shape index (κ2) is 8.91. The van der Waals surface area contributed by atoms with Crippen molar-refractivity contribution in [3.63, 3.8) is 0 Å². The van der Waals surface area contributed by atoms with E-state index in [9.17, 15) is 19.2 Å². The molecule has 6 heteroatoms. The van der Waals surface area contributed by atoms with Gasteiger partial charge in [-0.1, -0.05) is 48.5 Å². The smallest absolute Gasteiger partial charge is 0.410 e. The molecule has 5 nitrogen and oxygen atoms in total. The maximum absolute atomic E-state index is 13.5. The number of carbonyl (C=O) groups is 2. The van der Waals surface area contributed by atoms with Crippen LogP contribution in [0.25, 0.3) is 11.1 Å². The molecule has 180 valence electrons. The third-order valence-electron chi connectivity index (χ3n) is 8.02. The van der Waals surface area contributed by atoms with Crippen LogP contribution in [0, 0.1) is 23.1 Å². The first-order valence-electron chi connectivity index (χ1n) is 12.4. The minimum atomic E-state index is -0.534. The van der Waals surface area contributed by atoms with Crippen LogP contribution in [0.5, 0.6) is 0 Å². The van der Waals surface area contributed by atoms with Crippen molar-refractivity contribution in [2.24, 2.45) is 5.92 Å². The average molecular weight is 481 g/mol. The van der Waals surface area contributed by atoms with E-state index in [1.165, 1.54) is 34.4 Å². The van der Waals surface area contributed by atoms with Crippen molar-refractivity contribution < 1.29 is 18.7 Å². The summed E-state index contributed by atoms with van der Waals surface area (Å²) in [5.74, 6) is -0.970. The van der Waals surface area contributed by atoms with E-state index in [1.807, 2.05) is 35.2 Å². The van der Waals surface area contributed by atoms with Gasteiger partial charge in [0.25, 0.3) is 0 Å². The van der Waals surface area contributed by atoms with E-state index in [1.54, 1.807) is 0 Å². The molecule has 1 aliphatic carbocycles. The summed E-state index contributed by atoms with van der Waals surface area (Å²) in [6.07, 6.45) is 2.39. The first kappa shape index (κ1) is 22.5. The lowest BCUT2D eigenvalue weighted by Gasteiger charge is -2.37. The van der Waals surface area contributed by atoms with Crippen molar-refractivity contribution in [2.45, 2.75) is 43.7 Å². The van der Waals surface area contributed by atoms with Gasteiger partial charge in [0, 0.05) is 29.5 Å². The Hall–Kier alpha value is -3.98.